The lowest BCUT2D eigenvalue weighted by atomic mass is 10.0. The van der Waals surface area contributed by atoms with E-state index in [1.54, 1.807) is 30.6 Å². The largest absolute Gasteiger partial charge is 0.378 e. The highest BCUT2D eigenvalue weighted by atomic mass is 35.5. The van der Waals surface area contributed by atoms with Crippen molar-refractivity contribution in [2.45, 2.75) is 13.8 Å². The highest BCUT2D eigenvalue weighted by Crippen LogP contribution is 2.28. The molecule has 0 aliphatic heterocycles. The molecule has 0 atom stereocenters. The molecule has 0 heterocycles. The van der Waals surface area contributed by atoms with Crippen LogP contribution in [0.5, 0.6) is 0 Å². The van der Waals surface area contributed by atoms with Crippen LogP contribution in [0.2, 0.25) is 5.02 Å². The first kappa shape index (κ1) is 18.9. The van der Waals surface area contributed by atoms with Crippen LogP contribution in [0.1, 0.15) is 22.8 Å². The van der Waals surface area contributed by atoms with Gasteiger partial charge >= 0.3 is 0 Å². The molecule has 0 amide bonds. The first-order valence-corrected chi connectivity index (χ1v) is 8.35. The second kappa shape index (κ2) is 8.62. The zero-order valence-corrected chi connectivity index (χ0v) is 15.3. The third-order valence-electron chi connectivity index (χ3n) is 3.78. The Bertz CT molecular complexity index is 775. The van der Waals surface area contributed by atoms with Crippen LogP contribution in [0.15, 0.2) is 41.4 Å². The molecule has 0 unspecified atom stereocenters. The van der Waals surface area contributed by atoms with E-state index in [4.69, 9.17) is 11.6 Å². The van der Waals surface area contributed by atoms with Gasteiger partial charge in [0, 0.05) is 24.8 Å². The van der Waals surface area contributed by atoms with Crippen LogP contribution in [-0.2, 0) is 0 Å². The molecule has 0 fully saturated rings. The Kier molecular flexibility index (Phi) is 6.53. The summed E-state index contributed by atoms with van der Waals surface area (Å²) in [5.74, 6) is -0.408. The monoisotopic (exact) mass is 361 g/mol. The first-order valence-electron chi connectivity index (χ1n) is 7.98. The Hall–Kier alpha value is -2.40. The maximum absolute atomic E-state index is 12.9. The van der Waals surface area contributed by atoms with Crippen molar-refractivity contribution in [3.63, 3.8) is 0 Å². The first-order chi connectivity index (χ1) is 11.9. The molecule has 0 saturated heterocycles. The third kappa shape index (κ3) is 5.29. The molecule has 4 nitrogen and oxygen atoms in total. The Labute approximate surface area is 152 Å². The summed E-state index contributed by atoms with van der Waals surface area (Å²) < 4.78 is 12.9. The van der Waals surface area contributed by atoms with Crippen LogP contribution in [0, 0.1) is 12.7 Å². The van der Waals surface area contributed by atoms with Crippen molar-refractivity contribution in [1.82, 2.24) is 4.90 Å². The van der Waals surface area contributed by atoms with Crippen LogP contribution in [0.3, 0.4) is 0 Å². The van der Waals surface area contributed by atoms with E-state index in [2.05, 4.69) is 10.3 Å². The maximum Gasteiger partial charge on any atom is 0.182 e. The van der Waals surface area contributed by atoms with Gasteiger partial charge in [0.25, 0.3) is 0 Å². The van der Waals surface area contributed by atoms with Crippen LogP contribution < -0.4 is 5.32 Å². The summed E-state index contributed by atoms with van der Waals surface area (Å²) in [6.07, 6.45) is 1.71. The molecule has 0 saturated carbocycles. The topological polar surface area (TPSA) is 44.7 Å². The second-order valence-electron chi connectivity index (χ2n) is 5.72. The number of halogens is 2. The molecule has 0 radical (unpaired) electrons. The summed E-state index contributed by atoms with van der Waals surface area (Å²) >= 11 is 6.26. The summed E-state index contributed by atoms with van der Waals surface area (Å²) in [6.45, 7) is 4.81. The van der Waals surface area contributed by atoms with E-state index in [0.29, 0.717) is 22.0 Å². The molecular weight excluding hydrogens is 341 g/mol. The van der Waals surface area contributed by atoms with Gasteiger partial charge in [0.2, 0.25) is 0 Å². The van der Waals surface area contributed by atoms with E-state index in [-0.39, 0.29) is 18.1 Å². The Morgan fingerprint density at radius 2 is 2.00 bits per heavy atom. The number of aliphatic imine (C=N–C) groups is 1. The predicted molar refractivity (Wildman–Crippen MR) is 102 cm³/mol. The fourth-order valence-corrected chi connectivity index (χ4v) is 2.37. The number of ketones is 1. The number of nitrogens with one attached hydrogen (secondary N) is 1. The number of carbonyl (C=O) groups is 1. The van der Waals surface area contributed by atoms with Gasteiger partial charge in [-0.15, -0.1) is 0 Å². The van der Waals surface area contributed by atoms with Crippen molar-refractivity contribution in [2.75, 3.05) is 25.5 Å². The smallest absolute Gasteiger partial charge is 0.182 e. The number of Topliss-reactive ketones (excluding diaryl/α,β-unsaturated/α-hetero) is 1. The zero-order valence-electron chi connectivity index (χ0n) is 14.5. The van der Waals surface area contributed by atoms with Crippen molar-refractivity contribution in [3.8, 4) is 0 Å². The lowest BCUT2D eigenvalue weighted by Crippen LogP contribution is -2.15. The number of hydrogen-bond donors (Lipinski definition) is 1. The number of carbonyl (C=O) groups excluding carboxylic acids is 1. The van der Waals surface area contributed by atoms with Crippen LogP contribution in [-0.4, -0.2) is 37.2 Å². The SMILES string of the molecule is CCN(C)/C=N\c1cc(C)c(C(=O)CNc2ccc(F)cc2)cc1Cl. The number of hydrogen-bond acceptors (Lipinski definition) is 3. The molecule has 6 heteroatoms. The normalized spacial score (nSPS) is 10.9. The molecule has 0 aliphatic carbocycles. The van der Waals surface area contributed by atoms with Gasteiger partial charge in [0.15, 0.2) is 5.78 Å². The number of benzene rings is 2. The standard InChI is InChI=1S/C19H21ClFN3O/c1-4-24(3)12-23-18-9-13(2)16(10-17(18)20)19(25)11-22-15-7-5-14(21)6-8-15/h5-10,12,22H,4,11H2,1-3H3/b23-12-. The molecule has 132 valence electrons. The van der Waals surface area contributed by atoms with E-state index < -0.39 is 0 Å². The van der Waals surface area contributed by atoms with Gasteiger partial charge < -0.3 is 10.2 Å². The minimum absolute atomic E-state index is 0.0927. The number of aryl methyl sites for hydroxylation is 1. The van der Waals surface area contributed by atoms with Crippen molar-refractivity contribution >= 4 is 35.1 Å². The molecule has 2 aromatic carbocycles. The fourth-order valence-electron chi connectivity index (χ4n) is 2.15. The van der Waals surface area contributed by atoms with Gasteiger partial charge in [0.1, 0.15) is 5.82 Å². The number of nitrogens with zero attached hydrogens (tertiary/aromatic N) is 2. The fraction of sp³-hybridized carbons (Fsp3) is 0.263. The Morgan fingerprint density at radius 3 is 2.64 bits per heavy atom. The lowest BCUT2D eigenvalue weighted by molar-refractivity contribution is 0.101. The summed E-state index contributed by atoms with van der Waals surface area (Å²) in [4.78, 5) is 18.7. The van der Waals surface area contributed by atoms with Crippen molar-refractivity contribution in [3.05, 3.63) is 58.4 Å². The molecule has 0 aromatic heterocycles. The van der Waals surface area contributed by atoms with Gasteiger partial charge in [-0.3, -0.25) is 4.79 Å². The van der Waals surface area contributed by atoms with E-state index in [1.807, 2.05) is 25.8 Å². The Balaban J connectivity index is 2.10. The summed E-state index contributed by atoms with van der Waals surface area (Å²) in [5, 5.41) is 3.41. The van der Waals surface area contributed by atoms with Gasteiger partial charge in [-0.2, -0.15) is 0 Å². The van der Waals surface area contributed by atoms with Crippen molar-refractivity contribution < 1.29 is 9.18 Å². The lowest BCUT2D eigenvalue weighted by Gasteiger charge is -2.11. The molecule has 2 aromatic rings. The van der Waals surface area contributed by atoms with E-state index >= 15 is 0 Å². The van der Waals surface area contributed by atoms with Crippen molar-refractivity contribution in [1.29, 1.82) is 0 Å². The van der Waals surface area contributed by atoms with Crippen LogP contribution in [0.4, 0.5) is 15.8 Å². The quantitative estimate of drug-likeness (QED) is 0.442. The minimum Gasteiger partial charge on any atom is -0.378 e. The van der Waals surface area contributed by atoms with E-state index in [9.17, 15) is 9.18 Å². The average Bonchev–Trinajstić information content (AvgIpc) is 2.61. The summed E-state index contributed by atoms with van der Waals surface area (Å²) in [5.41, 5.74) is 2.66. The highest BCUT2D eigenvalue weighted by molar-refractivity contribution is 6.33. The Morgan fingerprint density at radius 1 is 1.32 bits per heavy atom. The maximum atomic E-state index is 12.9. The minimum atomic E-state index is -0.315. The average molecular weight is 362 g/mol. The molecule has 2 rings (SSSR count). The summed E-state index contributed by atoms with van der Waals surface area (Å²) in [6, 6.07) is 9.30. The molecule has 0 aliphatic rings. The van der Waals surface area contributed by atoms with Crippen LogP contribution in [0.25, 0.3) is 0 Å². The van der Waals surface area contributed by atoms with Crippen LogP contribution >= 0.6 is 11.6 Å². The molecule has 1 N–H and O–H groups in total. The van der Waals surface area contributed by atoms with Gasteiger partial charge in [-0.05, 0) is 55.8 Å². The number of rotatable bonds is 7. The molecule has 0 bridgehead atoms. The molecule has 25 heavy (non-hydrogen) atoms. The third-order valence-corrected chi connectivity index (χ3v) is 4.09. The van der Waals surface area contributed by atoms with Gasteiger partial charge in [-0.1, -0.05) is 11.6 Å². The molecule has 0 spiro atoms. The van der Waals surface area contributed by atoms with Gasteiger partial charge in [-0.25, -0.2) is 9.38 Å². The summed E-state index contributed by atoms with van der Waals surface area (Å²) in [7, 11) is 1.92. The highest BCUT2D eigenvalue weighted by Gasteiger charge is 2.12. The predicted octanol–water partition coefficient (Wildman–Crippen LogP) is 4.69. The second-order valence-corrected chi connectivity index (χ2v) is 6.13. The van der Waals surface area contributed by atoms with E-state index in [1.165, 1.54) is 12.1 Å². The zero-order chi connectivity index (χ0) is 18.4. The molecular formula is C19H21ClFN3O. The van der Waals surface area contributed by atoms with Crippen molar-refractivity contribution in [2.24, 2.45) is 4.99 Å². The van der Waals surface area contributed by atoms with Gasteiger partial charge in [0.05, 0.1) is 23.6 Å². The number of anilines is 1. The van der Waals surface area contributed by atoms with E-state index in [0.717, 1.165) is 12.1 Å².